The molecule has 0 aliphatic heterocycles. The van der Waals surface area contributed by atoms with Crippen LogP contribution in [-0.2, 0) is 26.1 Å². The summed E-state index contributed by atoms with van der Waals surface area (Å²) in [6.07, 6.45) is 0. The molecule has 7 nitrogen and oxygen atoms in total. The molecule has 0 heterocycles. The summed E-state index contributed by atoms with van der Waals surface area (Å²) in [6.45, 7) is 2.33. The zero-order valence-corrected chi connectivity index (χ0v) is 17.0. The fourth-order valence-corrected chi connectivity index (χ4v) is 3.42. The van der Waals surface area contributed by atoms with Crippen LogP contribution in [0.15, 0.2) is 59.5 Å². The van der Waals surface area contributed by atoms with Gasteiger partial charge in [-0.15, -0.1) is 0 Å². The largest absolute Gasteiger partial charge is 0.452 e. The minimum Gasteiger partial charge on any atom is -0.452 e. The molecule has 0 aliphatic rings. The molecule has 0 saturated carbocycles. The second-order valence-electron chi connectivity index (χ2n) is 6.28. The summed E-state index contributed by atoms with van der Waals surface area (Å²) < 4.78 is 30.5. The van der Waals surface area contributed by atoms with Crippen LogP contribution in [0.25, 0.3) is 0 Å². The van der Waals surface area contributed by atoms with Gasteiger partial charge in [0.05, 0.1) is 10.5 Å². The highest BCUT2D eigenvalue weighted by atomic mass is 32.2. The molecule has 0 N–H and O–H groups in total. The van der Waals surface area contributed by atoms with Crippen molar-refractivity contribution in [1.82, 2.24) is 9.21 Å². The average Bonchev–Trinajstić information content (AvgIpc) is 2.70. The lowest BCUT2D eigenvalue weighted by Crippen LogP contribution is -2.34. The van der Waals surface area contributed by atoms with E-state index in [0.717, 1.165) is 9.87 Å². The molecule has 2 aromatic carbocycles. The van der Waals surface area contributed by atoms with Crippen LogP contribution in [0.2, 0.25) is 0 Å². The number of likely N-dealkylation sites (N-methyl/N-ethyl adjacent to an activating group) is 1. The monoisotopic (exact) mass is 404 g/mol. The Bertz CT molecular complexity index is 927. The second-order valence-corrected chi connectivity index (χ2v) is 8.44. The number of sulfonamides is 1. The van der Waals surface area contributed by atoms with E-state index in [-0.39, 0.29) is 16.4 Å². The van der Waals surface area contributed by atoms with Crippen molar-refractivity contribution in [2.75, 3.05) is 27.2 Å². The summed E-state index contributed by atoms with van der Waals surface area (Å²) >= 11 is 0. The van der Waals surface area contributed by atoms with Gasteiger partial charge >= 0.3 is 5.97 Å². The Balaban J connectivity index is 2.02. The molecular weight excluding hydrogens is 380 g/mol. The average molecular weight is 404 g/mol. The van der Waals surface area contributed by atoms with Gasteiger partial charge < -0.3 is 9.64 Å². The number of rotatable bonds is 8. The number of amides is 1. The number of carbonyl (C=O) groups excluding carboxylic acids is 2. The highest BCUT2D eigenvalue weighted by Crippen LogP contribution is 2.15. The molecule has 0 fully saturated rings. The van der Waals surface area contributed by atoms with Crippen molar-refractivity contribution in [3.63, 3.8) is 0 Å². The van der Waals surface area contributed by atoms with Gasteiger partial charge in [-0.3, -0.25) is 4.79 Å². The van der Waals surface area contributed by atoms with Crippen molar-refractivity contribution in [3.8, 4) is 0 Å². The highest BCUT2D eigenvalue weighted by molar-refractivity contribution is 7.89. The first kappa shape index (κ1) is 21.6. The first-order valence-corrected chi connectivity index (χ1v) is 10.2. The van der Waals surface area contributed by atoms with E-state index in [1.807, 2.05) is 37.3 Å². The van der Waals surface area contributed by atoms with Gasteiger partial charge in [0.1, 0.15) is 0 Å². The molecule has 0 bridgehead atoms. The Morgan fingerprint density at radius 2 is 1.68 bits per heavy atom. The molecule has 28 heavy (non-hydrogen) atoms. The molecule has 0 aromatic heterocycles. The smallest absolute Gasteiger partial charge is 0.338 e. The first-order valence-electron chi connectivity index (χ1n) is 8.77. The minimum absolute atomic E-state index is 0.0162. The second kappa shape index (κ2) is 9.48. The standard InChI is InChI=1S/C20H24N2O5S/c1-4-22(14-16-9-6-5-7-10-16)19(23)15-27-20(24)17-11-8-12-18(13-17)28(25,26)21(2)3/h5-13H,4,14-15H2,1-3H3. The Morgan fingerprint density at radius 3 is 2.29 bits per heavy atom. The molecule has 1 amide bonds. The molecule has 2 rings (SSSR count). The number of nitrogens with zero attached hydrogens (tertiary/aromatic N) is 2. The van der Waals surface area contributed by atoms with Crippen LogP contribution in [0.1, 0.15) is 22.8 Å². The first-order chi connectivity index (χ1) is 13.3. The summed E-state index contributed by atoms with van der Waals surface area (Å²) in [6, 6.07) is 15.1. The van der Waals surface area contributed by atoms with Crippen molar-refractivity contribution >= 4 is 21.9 Å². The van der Waals surface area contributed by atoms with Gasteiger partial charge in [0.2, 0.25) is 10.0 Å². The summed E-state index contributed by atoms with van der Waals surface area (Å²) in [7, 11) is -0.850. The number of hydrogen-bond donors (Lipinski definition) is 0. The Labute approximate surface area is 165 Å². The van der Waals surface area contributed by atoms with Crippen LogP contribution in [0.4, 0.5) is 0 Å². The van der Waals surface area contributed by atoms with Gasteiger partial charge in [-0.25, -0.2) is 17.5 Å². The normalized spacial score (nSPS) is 11.3. The maximum Gasteiger partial charge on any atom is 0.338 e. The van der Waals surface area contributed by atoms with Crippen LogP contribution in [-0.4, -0.2) is 56.7 Å². The third-order valence-electron chi connectivity index (χ3n) is 4.13. The summed E-state index contributed by atoms with van der Waals surface area (Å²) in [4.78, 5) is 26.2. The third-order valence-corrected chi connectivity index (χ3v) is 5.94. The zero-order chi connectivity index (χ0) is 20.7. The number of ether oxygens (including phenoxy) is 1. The van der Waals surface area contributed by atoms with Gasteiger partial charge in [-0.2, -0.15) is 0 Å². The molecule has 0 saturated heterocycles. The van der Waals surface area contributed by atoms with Gasteiger partial charge in [0.15, 0.2) is 6.61 Å². The van der Waals surface area contributed by atoms with Gasteiger partial charge in [0, 0.05) is 27.2 Å². The Morgan fingerprint density at radius 1 is 1.00 bits per heavy atom. The summed E-state index contributed by atoms with van der Waals surface area (Å²) in [5.41, 5.74) is 1.05. The Kier molecular flexibility index (Phi) is 7.31. The maximum absolute atomic E-state index is 12.4. The predicted octanol–water partition coefficient (Wildman–Crippen LogP) is 2.14. The lowest BCUT2D eigenvalue weighted by molar-refractivity contribution is -0.134. The topological polar surface area (TPSA) is 84.0 Å². The van der Waals surface area contributed by atoms with Crippen LogP contribution in [0.5, 0.6) is 0 Å². The van der Waals surface area contributed by atoms with E-state index in [2.05, 4.69) is 0 Å². The SMILES string of the molecule is CCN(Cc1ccccc1)C(=O)COC(=O)c1cccc(S(=O)(=O)N(C)C)c1. The van der Waals surface area contributed by atoms with Crippen molar-refractivity contribution in [2.24, 2.45) is 0 Å². The summed E-state index contributed by atoms with van der Waals surface area (Å²) in [5, 5.41) is 0. The van der Waals surface area contributed by atoms with Crippen LogP contribution in [0.3, 0.4) is 0 Å². The van der Waals surface area contributed by atoms with Crippen LogP contribution >= 0.6 is 0 Å². The number of esters is 1. The van der Waals surface area contributed by atoms with E-state index >= 15 is 0 Å². The van der Waals surface area contributed by atoms with Crippen LogP contribution in [0, 0.1) is 0 Å². The number of hydrogen-bond acceptors (Lipinski definition) is 5. The molecule has 0 aliphatic carbocycles. The van der Waals surface area contributed by atoms with Crippen molar-refractivity contribution in [2.45, 2.75) is 18.4 Å². The number of carbonyl (C=O) groups is 2. The predicted molar refractivity (Wildman–Crippen MR) is 105 cm³/mol. The maximum atomic E-state index is 12.4. The molecule has 0 atom stereocenters. The lowest BCUT2D eigenvalue weighted by Gasteiger charge is -2.21. The van der Waals surface area contributed by atoms with E-state index in [1.165, 1.54) is 38.4 Å². The van der Waals surface area contributed by atoms with Crippen LogP contribution < -0.4 is 0 Å². The molecule has 2 aromatic rings. The Hall–Kier alpha value is -2.71. The molecule has 0 radical (unpaired) electrons. The zero-order valence-electron chi connectivity index (χ0n) is 16.2. The van der Waals surface area contributed by atoms with Gasteiger partial charge in [0.25, 0.3) is 5.91 Å². The van der Waals surface area contributed by atoms with Gasteiger partial charge in [-0.05, 0) is 30.7 Å². The molecule has 0 spiro atoms. The van der Waals surface area contributed by atoms with Crippen molar-refractivity contribution < 1.29 is 22.7 Å². The summed E-state index contributed by atoms with van der Waals surface area (Å²) in [5.74, 6) is -1.07. The van der Waals surface area contributed by atoms with Gasteiger partial charge in [-0.1, -0.05) is 36.4 Å². The fraction of sp³-hybridized carbons (Fsp3) is 0.300. The van der Waals surface area contributed by atoms with E-state index in [0.29, 0.717) is 13.1 Å². The molecular formula is C20H24N2O5S. The lowest BCUT2D eigenvalue weighted by atomic mass is 10.2. The minimum atomic E-state index is -3.67. The highest BCUT2D eigenvalue weighted by Gasteiger charge is 2.20. The van der Waals surface area contributed by atoms with E-state index in [4.69, 9.17) is 4.74 Å². The number of benzene rings is 2. The van der Waals surface area contributed by atoms with E-state index < -0.39 is 22.6 Å². The molecule has 150 valence electrons. The van der Waals surface area contributed by atoms with Crippen molar-refractivity contribution in [3.05, 3.63) is 65.7 Å². The van der Waals surface area contributed by atoms with E-state index in [1.54, 1.807) is 4.90 Å². The fourth-order valence-electron chi connectivity index (χ4n) is 2.48. The van der Waals surface area contributed by atoms with E-state index in [9.17, 15) is 18.0 Å². The molecule has 8 heteroatoms. The van der Waals surface area contributed by atoms with Crippen molar-refractivity contribution in [1.29, 1.82) is 0 Å². The quantitative estimate of drug-likeness (QED) is 0.630. The third kappa shape index (κ3) is 5.40. The molecule has 0 unspecified atom stereocenters.